The minimum atomic E-state index is -0.549. The molecule has 2 N–H and O–H groups in total. The van der Waals surface area contributed by atoms with Crippen molar-refractivity contribution < 1.29 is 9.72 Å². The lowest BCUT2D eigenvalue weighted by Crippen LogP contribution is -2.15. The van der Waals surface area contributed by atoms with Crippen LogP contribution in [0.1, 0.15) is 10.5 Å². The van der Waals surface area contributed by atoms with Crippen molar-refractivity contribution in [2.75, 3.05) is 5.32 Å². The average molecular weight is 235 g/mol. The van der Waals surface area contributed by atoms with Crippen molar-refractivity contribution in [3.05, 3.63) is 40.3 Å². The van der Waals surface area contributed by atoms with Gasteiger partial charge in [-0.1, -0.05) is 0 Å². The van der Waals surface area contributed by atoms with Gasteiger partial charge in [-0.3, -0.25) is 20.0 Å². The summed E-state index contributed by atoms with van der Waals surface area (Å²) in [6.07, 6.45) is 2.77. The molecule has 0 radical (unpaired) electrons. The first-order valence-electron chi connectivity index (χ1n) is 4.69. The van der Waals surface area contributed by atoms with Gasteiger partial charge < -0.3 is 9.88 Å². The Morgan fingerprint density at radius 3 is 2.94 bits per heavy atom. The van der Waals surface area contributed by atoms with E-state index in [0.717, 1.165) is 0 Å². The van der Waals surface area contributed by atoms with E-state index in [4.69, 9.17) is 0 Å². The molecule has 0 spiro atoms. The molecule has 17 heavy (non-hydrogen) atoms. The molecule has 2 aromatic rings. The van der Waals surface area contributed by atoms with E-state index < -0.39 is 10.8 Å². The van der Waals surface area contributed by atoms with Crippen LogP contribution in [-0.4, -0.2) is 25.6 Å². The molecule has 0 bridgehead atoms. The van der Waals surface area contributed by atoms with Crippen LogP contribution in [0.5, 0.6) is 0 Å². The third kappa shape index (κ3) is 2.14. The third-order valence-corrected chi connectivity index (χ3v) is 2.18. The van der Waals surface area contributed by atoms with Gasteiger partial charge >= 0.3 is 0 Å². The number of rotatable bonds is 3. The number of H-pyrrole nitrogens is 1. The van der Waals surface area contributed by atoms with E-state index in [-0.39, 0.29) is 11.4 Å². The van der Waals surface area contributed by atoms with Gasteiger partial charge in [-0.2, -0.15) is 5.10 Å². The van der Waals surface area contributed by atoms with Crippen molar-refractivity contribution in [3.8, 4) is 0 Å². The quantitative estimate of drug-likeness (QED) is 0.609. The van der Waals surface area contributed by atoms with E-state index in [1.54, 1.807) is 13.1 Å². The molecular weight excluding hydrogens is 226 g/mol. The van der Waals surface area contributed by atoms with E-state index in [2.05, 4.69) is 15.5 Å². The molecule has 8 heteroatoms. The van der Waals surface area contributed by atoms with Crippen molar-refractivity contribution in [3.63, 3.8) is 0 Å². The molecule has 1 amide bonds. The smallest absolute Gasteiger partial charge is 0.287 e. The number of aryl methyl sites for hydroxylation is 1. The molecule has 0 saturated heterocycles. The van der Waals surface area contributed by atoms with Crippen LogP contribution in [0.3, 0.4) is 0 Å². The maximum atomic E-state index is 11.8. The number of nitrogens with one attached hydrogen (secondary N) is 2. The van der Waals surface area contributed by atoms with Crippen LogP contribution >= 0.6 is 0 Å². The lowest BCUT2D eigenvalue weighted by atomic mass is 10.4. The fraction of sp³-hybridized carbons (Fsp3) is 0.111. The molecule has 2 heterocycles. The Kier molecular flexibility index (Phi) is 2.61. The van der Waals surface area contributed by atoms with Crippen molar-refractivity contribution in [1.29, 1.82) is 0 Å². The van der Waals surface area contributed by atoms with Crippen LogP contribution in [0, 0.1) is 10.1 Å². The molecule has 0 unspecified atom stereocenters. The molecule has 2 rings (SSSR count). The van der Waals surface area contributed by atoms with Gasteiger partial charge in [-0.15, -0.1) is 0 Å². The number of aromatic amines is 1. The predicted octanol–water partition coefficient (Wildman–Crippen LogP) is 0.909. The number of anilines is 1. The number of carbonyl (C=O) groups is 1. The van der Waals surface area contributed by atoms with Crippen LogP contribution < -0.4 is 5.32 Å². The first kappa shape index (κ1) is 10.9. The molecule has 2 aromatic heterocycles. The highest BCUT2D eigenvalue weighted by molar-refractivity contribution is 6.03. The average Bonchev–Trinajstić information content (AvgIpc) is 2.86. The highest BCUT2D eigenvalue weighted by atomic mass is 16.6. The number of nitrogens with zero attached hydrogens (tertiary/aromatic N) is 3. The highest BCUT2D eigenvalue weighted by Gasteiger charge is 2.17. The second-order valence-electron chi connectivity index (χ2n) is 3.38. The highest BCUT2D eigenvalue weighted by Crippen LogP contribution is 2.16. The number of nitro groups is 1. The summed E-state index contributed by atoms with van der Waals surface area (Å²) in [7, 11) is 1.56. The molecule has 0 atom stereocenters. The van der Waals surface area contributed by atoms with Gasteiger partial charge in [-0.25, -0.2) is 0 Å². The zero-order valence-electron chi connectivity index (χ0n) is 8.88. The zero-order valence-corrected chi connectivity index (χ0v) is 8.88. The van der Waals surface area contributed by atoms with E-state index in [1.807, 2.05) is 0 Å². The summed E-state index contributed by atoms with van der Waals surface area (Å²) in [5.41, 5.74) is 0.0774. The van der Waals surface area contributed by atoms with E-state index in [0.29, 0.717) is 5.82 Å². The summed E-state index contributed by atoms with van der Waals surface area (Å²) in [6.45, 7) is 0. The summed E-state index contributed by atoms with van der Waals surface area (Å²) >= 11 is 0. The fourth-order valence-corrected chi connectivity index (χ4v) is 1.38. The molecule has 0 aliphatic carbocycles. The molecular formula is C9H9N5O3. The van der Waals surface area contributed by atoms with Crippen LogP contribution in [0.25, 0.3) is 0 Å². The van der Waals surface area contributed by atoms with E-state index in [1.165, 1.54) is 23.0 Å². The predicted molar refractivity (Wildman–Crippen MR) is 58.6 cm³/mol. The lowest BCUT2D eigenvalue weighted by Gasteiger charge is -2.02. The molecule has 0 fully saturated rings. The SMILES string of the molecule is Cn1cc([N+](=O)[O-])cc1C(=O)Nc1ccn[nH]1. The number of amides is 1. The van der Waals surface area contributed by atoms with Crippen molar-refractivity contribution >= 4 is 17.4 Å². The van der Waals surface area contributed by atoms with Crippen LogP contribution in [0.2, 0.25) is 0 Å². The third-order valence-electron chi connectivity index (χ3n) is 2.18. The summed E-state index contributed by atoms with van der Waals surface area (Å²) in [4.78, 5) is 21.8. The fourth-order valence-electron chi connectivity index (χ4n) is 1.38. The first-order chi connectivity index (χ1) is 8.08. The second kappa shape index (κ2) is 4.08. The molecule has 88 valence electrons. The first-order valence-corrected chi connectivity index (χ1v) is 4.69. The lowest BCUT2D eigenvalue weighted by molar-refractivity contribution is -0.384. The Bertz CT molecular complexity index is 557. The summed E-state index contributed by atoms with van der Waals surface area (Å²) in [5.74, 6) is -0.0105. The monoisotopic (exact) mass is 235 g/mol. The Morgan fingerprint density at radius 1 is 1.65 bits per heavy atom. The normalized spacial score (nSPS) is 10.2. The largest absolute Gasteiger partial charge is 0.340 e. The summed E-state index contributed by atoms with van der Waals surface area (Å²) in [6, 6.07) is 2.79. The molecule has 0 saturated carbocycles. The maximum Gasteiger partial charge on any atom is 0.287 e. The minimum absolute atomic E-state index is 0.123. The Balaban J connectivity index is 2.22. The summed E-state index contributed by atoms with van der Waals surface area (Å²) < 4.78 is 1.39. The van der Waals surface area contributed by atoms with Gasteiger partial charge in [0.15, 0.2) is 0 Å². The zero-order chi connectivity index (χ0) is 12.4. The molecule has 0 aliphatic heterocycles. The Labute approximate surface area is 95.4 Å². The Hall–Kier alpha value is -2.64. The van der Waals surface area contributed by atoms with E-state index >= 15 is 0 Å². The van der Waals surface area contributed by atoms with E-state index in [9.17, 15) is 14.9 Å². The van der Waals surface area contributed by atoms with Crippen molar-refractivity contribution in [2.45, 2.75) is 0 Å². The topological polar surface area (TPSA) is 106 Å². The molecule has 8 nitrogen and oxygen atoms in total. The van der Waals surface area contributed by atoms with Crippen LogP contribution in [0.4, 0.5) is 11.5 Å². The van der Waals surface area contributed by atoms with Crippen molar-refractivity contribution in [1.82, 2.24) is 14.8 Å². The summed E-state index contributed by atoms with van der Waals surface area (Å²) in [5, 5.41) is 19.3. The van der Waals surface area contributed by atoms with Gasteiger partial charge in [-0.05, 0) is 0 Å². The molecule has 0 aliphatic rings. The maximum absolute atomic E-state index is 11.8. The number of hydrogen-bond acceptors (Lipinski definition) is 4. The number of aromatic nitrogens is 3. The van der Waals surface area contributed by atoms with Crippen LogP contribution in [0.15, 0.2) is 24.5 Å². The van der Waals surface area contributed by atoms with Gasteiger partial charge in [0.2, 0.25) is 0 Å². The number of carbonyl (C=O) groups excluding carboxylic acids is 1. The van der Waals surface area contributed by atoms with Gasteiger partial charge in [0.1, 0.15) is 11.5 Å². The second-order valence-corrected chi connectivity index (χ2v) is 3.38. The van der Waals surface area contributed by atoms with Crippen molar-refractivity contribution in [2.24, 2.45) is 7.05 Å². The Morgan fingerprint density at radius 2 is 2.41 bits per heavy atom. The minimum Gasteiger partial charge on any atom is -0.340 e. The standard InChI is InChI=1S/C9H9N5O3/c1-13-5-6(14(16)17)4-7(13)9(15)11-8-2-3-10-12-8/h2-5H,1H3,(H2,10,11,12,15). The van der Waals surface area contributed by atoms with Gasteiger partial charge in [0, 0.05) is 19.2 Å². The molecule has 0 aromatic carbocycles. The van der Waals surface area contributed by atoms with Crippen LogP contribution in [-0.2, 0) is 7.05 Å². The van der Waals surface area contributed by atoms with Gasteiger partial charge in [0.05, 0.1) is 17.3 Å². The number of hydrogen-bond donors (Lipinski definition) is 2. The van der Waals surface area contributed by atoms with Gasteiger partial charge in [0.25, 0.3) is 11.6 Å².